The Morgan fingerprint density at radius 2 is 1.83 bits per heavy atom. The third kappa shape index (κ3) is 3.93. The minimum absolute atomic E-state index is 0.0860. The van der Waals surface area contributed by atoms with Crippen LogP contribution in [-0.2, 0) is 11.2 Å². The molecule has 3 nitrogen and oxygen atoms in total. The number of rotatable bonds is 3. The van der Waals surface area contributed by atoms with E-state index in [0.29, 0.717) is 5.56 Å². The molecule has 1 heterocycles. The van der Waals surface area contributed by atoms with Crippen molar-refractivity contribution < 1.29 is 27.4 Å². The standard InChI is InChI=1S/C15H13F3O3.C3H8/c1-7-5-9-6-10(20-4)12(17)13(18)15(9)21-14(7)11(16)8(2)19-3;1-3-2/h6H,1-2,5H2,3-4H3;3H2,1-2H3/b14-11-;. The number of methoxy groups -OCH3 is 2. The molecule has 24 heavy (non-hydrogen) atoms. The highest BCUT2D eigenvalue weighted by Gasteiger charge is 2.29. The smallest absolute Gasteiger partial charge is 0.207 e. The van der Waals surface area contributed by atoms with Gasteiger partial charge in [0.25, 0.3) is 0 Å². The highest BCUT2D eigenvalue weighted by molar-refractivity contribution is 5.52. The first-order valence-electron chi connectivity index (χ1n) is 7.36. The van der Waals surface area contributed by atoms with Crippen molar-refractivity contribution in [3.8, 4) is 11.5 Å². The fraction of sp³-hybridized carbons (Fsp3) is 0.333. The second-order valence-corrected chi connectivity index (χ2v) is 5.05. The Hall–Kier alpha value is -2.37. The summed E-state index contributed by atoms with van der Waals surface area (Å²) in [6.07, 6.45) is 1.34. The van der Waals surface area contributed by atoms with E-state index >= 15 is 0 Å². The van der Waals surface area contributed by atoms with Gasteiger partial charge in [-0.1, -0.05) is 33.4 Å². The number of benzene rings is 1. The van der Waals surface area contributed by atoms with Gasteiger partial charge in [0, 0.05) is 12.0 Å². The Morgan fingerprint density at radius 3 is 2.33 bits per heavy atom. The van der Waals surface area contributed by atoms with Crippen molar-refractivity contribution in [3.63, 3.8) is 0 Å². The number of allylic oxidation sites excluding steroid dienone is 2. The van der Waals surface area contributed by atoms with Crippen LogP contribution in [0.1, 0.15) is 25.8 Å². The Kier molecular flexibility index (Phi) is 6.95. The van der Waals surface area contributed by atoms with Crippen molar-refractivity contribution in [1.82, 2.24) is 0 Å². The van der Waals surface area contributed by atoms with Gasteiger partial charge in [-0.25, -0.2) is 0 Å². The van der Waals surface area contributed by atoms with Crippen molar-refractivity contribution in [2.45, 2.75) is 26.7 Å². The lowest BCUT2D eigenvalue weighted by molar-refractivity contribution is 0.271. The largest absolute Gasteiger partial charge is 0.494 e. The van der Waals surface area contributed by atoms with Crippen LogP contribution in [0.2, 0.25) is 0 Å². The predicted molar refractivity (Wildman–Crippen MR) is 86.6 cm³/mol. The van der Waals surface area contributed by atoms with Crippen molar-refractivity contribution in [2.75, 3.05) is 14.2 Å². The van der Waals surface area contributed by atoms with E-state index in [-0.39, 0.29) is 29.3 Å². The van der Waals surface area contributed by atoms with E-state index in [1.165, 1.54) is 26.7 Å². The molecule has 0 unspecified atom stereocenters. The summed E-state index contributed by atoms with van der Waals surface area (Å²) >= 11 is 0. The van der Waals surface area contributed by atoms with Gasteiger partial charge in [-0.15, -0.1) is 0 Å². The molecule has 0 spiro atoms. The monoisotopic (exact) mass is 342 g/mol. The number of fused-ring (bicyclic) bond motifs is 1. The van der Waals surface area contributed by atoms with Crippen LogP contribution >= 0.6 is 0 Å². The normalized spacial score (nSPS) is 14.7. The average Bonchev–Trinajstić information content (AvgIpc) is 2.57. The summed E-state index contributed by atoms with van der Waals surface area (Å²) in [6.45, 7) is 11.3. The molecule has 0 bridgehead atoms. The highest BCUT2D eigenvalue weighted by Crippen LogP contribution is 2.40. The quantitative estimate of drug-likeness (QED) is 0.705. The summed E-state index contributed by atoms with van der Waals surface area (Å²) in [5, 5.41) is 0. The average molecular weight is 342 g/mol. The van der Waals surface area contributed by atoms with Gasteiger partial charge in [-0.3, -0.25) is 0 Å². The van der Waals surface area contributed by atoms with E-state index in [1.807, 2.05) is 0 Å². The van der Waals surface area contributed by atoms with E-state index in [0.717, 1.165) is 0 Å². The van der Waals surface area contributed by atoms with Gasteiger partial charge in [-0.05, 0) is 11.6 Å². The van der Waals surface area contributed by atoms with Crippen LogP contribution in [0.15, 0.2) is 42.1 Å². The molecule has 132 valence electrons. The fourth-order valence-electron chi connectivity index (χ4n) is 1.93. The van der Waals surface area contributed by atoms with Crippen LogP contribution in [0.4, 0.5) is 13.2 Å². The van der Waals surface area contributed by atoms with Crippen molar-refractivity contribution in [1.29, 1.82) is 0 Å². The third-order valence-corrected chi connectivity index (χ3v) is 3.04. The molecule has 0 saturated carbocycles. The molecule has 1 aliphatic heterocycles. The minimum Gasteiger partial charge on any atom is -0.494 e. The molecule has 0 aromatic heterocycles. The molecule has 1 aromatic carbocycles. The number of hydrogen-bond donors (Lipinski definition) is 0. The van der Waals surface area contributed by atoms with Crippen molar-refractivity contribution >= 4 is 0 Å². The lowest BCUT2D eigenvalue weighted by atomic mass is 9.99. The lowest BCUT2D eigenvalue weighted by Gasteiger charge is -2.23. The van der Waals surface area contributed by atoms with Gasteiger partial charge in [0.05, 0.1) is 14.2 Å². The zero-order valence-corrected chi connectivity index (χ0v) is 14.3. The summed E-state index contributed by atoms with van der Waals surface area (Å²) in [5.74, 6) is -4.61. The number of hydrogen-bond acceptors (Lipinski definition) is 3. The van der Waals surface area contributed by atoms with Gasteiger partial charge in [0.2, 0.25) is 17.5 Å². The summed E-state index contributed by atoms with van der Waals surface area (Å²) in [6, 6.07) is 1.29. The summed E-state index contributed by atoms with van der Waals surface area (Å²) < 4.78 is 56.2. The molecular formula is C18H21F3O3. The second-order valence-electron chi connectivity index (χ2n) is 5.05. The number of halogens is 3. The summed E-state index contributed by atoms with van der Waals surface area (Å²) in [7, 11) is 2.45. The molecule has 0 radical (unpaired) electrons. The zero-order valence-electron chi connectivity index (χ0n) is 14.3. The Morgan fingerprint density at radius 1 is 1.25 bits per heavy atom. The topological polar surface area (TPSA) is 27.7 Å². The van der Waals surface area contributed by atoms with Crippen LogP contribution in [-0.4, -0.2) is 14.2 Å². The molecule has 2 rings (SSSR count). The molecule has 0 saturated heterocycles. The lowest BCUT2D eigenvalue weighted by Crippen LogP contribution is -2.14. The van der Waals surface area contributed by atoms with E-state index in [4.69, 9.17) is 9.47 Å². The SMILES string of the molecule is C=C(OC)/C(F)=C1/Oc2c(cc(OC)c(F)c2F)CC1=C.CCC. The second kappa shape index (κ2) is 8.47. The van der Waals surface area contributed by atoms with Crippen LogP contribution in [0, 0.1) is 11.6 Å². The van der Waals surface area contributed by atoms with Crippen LogP contribution in [0.3, 0.4) is 0 Å². The number of ether oxygens (including phenoxy) is 3. The summed E-state index contributed by atoms with van der Waals surface area (Å²) in [4.78, 5) is 0. The van der Waals surface area contributed by atoms with E-state index in [2.05, 4.69) is 31.7 Å². The highest BCUT2D eigenvalue weighted by atomic mass is 19.2. The third-order valence-electron chi connectivity index (χ3n) is 3.04. The first kappa shape index (κ1) is 19.7. The molecule has 0 N–H and O–H groups in total. The molecule has 0 aliphatic carbocycles. The molecule has 6 heteroatoms. The van der Waals surface area contributed by atoms with Crippen LogP contribution in [0.25, 0.3) is 0 Å². The summed E-state index contributed by atoms with van der Waals surface area (Å²) in [5.41, 5.74) is 0.571. The molecule has 0 atom stereocenters. The molecule has 1 aromatic rings. The zero-order chi connectivity index (χ0) is 18.4. The molecule has 0 amide bonds. The maximum Gasteiger partial charge on any atom is 0.207 e. The Balaban J connectivity index is 0.000000891. The van der Waals surface area contributed by atoms with E-state index < -0.39 is 23.2 Å². The van der Waals surface area contributed by atoms with Crippen molar-refractivity contribution in [2.24, 2.45) is 0 Å². The molecule has 1 aliphatic rings. The minimum atomic E-state index is -1.25. The molecular weight excluding hydrogens is 321 g/mol. The van der Waals surface area contributed by atoms with E-state index in [1.54, 1.807) is 0 Å². The Bertz CT molecular complexity index is 679. The van der Waals surface area contributed by atoms with Gasteiger partial charge >= 0.3 is 0 Å². The maximum absolute atomic E-state index is 14.0. The predicted octanol–water partition coefficient (Wildman–Crippen LogP) is 5.22. The first-order valence-corrected chi connectivity index (χ1v) is 7.36. The van der Waals surface area contributed by atoms with Crippen molar-refractivity contribution in [3.05, 3.63) is 59.3 Å². The van der Waals surface area contributed by atoms with Gasteiger partial charge < -0.3 is 14.2 Å². The molecule has 0 fully saturated rings. The van der Waals surface area contributed by atoms with Gasteiger partial charge in [-0.2, -0.15) is 13.2 Å². The van der Waals surface area contributed by atoms with Crippen LogP contribution in [0.5, 0.6) is 11.5 Å². The first-order chi connectivity index (χ1) is 11.3. The Labute approximate surface area is 140 Å². The van der Waals surface area contributed by atoms with Crippen LogP contribution < -0.4 is 9.47 Å². The van der Waals surface area contributed by atoms with E-state index in [9.17, 15) is 13.2 Å². The fourth-order valence-corrected chi connectivity index (χ4v) is 1.93. The van der Waals surface area contributed by atoms with Gasteiger partial charge in [0.15, 0.2) is 23.0 Å². The maximum atomic E-state index is 14.0. The van der Waals surface area contributed by atoms with Gasteiger partial charge in [0.1, 0.15) is 0 Å².